The van der Waals surface area contributed by atoms with E-state index in [0.717, 1.165) is 0 Å². The van der Waals surface area contributed by atoms with Gasteiger partial charge in [0, 0.05) is 5.56 Å². The van der Waals surface area contributed by atoms with Crippen LogP contribution < -0.4 is 0 Å². The maximum Gasteiger partial charge on any atom is 0.228 e. The molecule has 0 bridgehead atoms. The third-order valence-corrected chi connectivity index (χ3v) is 4.03. The fraction of sp³-hybridized carbons (Fsp3) is 0.222. The summed E-state index contributed by atoms with van der Waals surface area (Å²) < 4.78 is 22.5. The molecule has 0 aliphatic heterocycles. The van der Waals surface area contributed by atoms with Gasteiger partial charge in [0.15, 0.2) is 9.84 Å². The Labute approximate surface area is 91.2 Å². The molecule has 0 saturated carbocycles. The molecule has 0 aromatic heterocycles. The second kappa shape index (κ2) is 4.23. The van der Waals surface area contributed by atoms with Crippen LogP contribution in [0, 0.1) is 0 Å². The molecule has 0 radical (unpaired) electrons. The van der Waals surface area contributed by atoms with Crippen molar-refractivity contribution in [3.63, 3.8) is 0 Å². The lowest BCUT2D eigenvalue weighted by atomic mass is 10.2. The fourth-order valence-electron chi connectivity index (χ4n) is 0.960. The van der Waals surface area contributed by atoms with E-state index in [1.54, 1.807) is 6.92 Å². The zero-order chi connectivity index (χ0) is 10.8. The molecule has 1 aromatic carbocycles. The Kier molecular flexibility index (Phi) is 3.44. The van der Waals surface area contributed by atoms with E-state index in [1.165, 1.54) is 24.3 Å². The van der Waals surface area contributed by atoms with E-state index < -0.39 is 9.84 Å². The van der Waals surface area contributed by atoms with E-state index >= 15 is 0 Å². The highest BCUT2D eigenvalue weighted by Gasteiger charge is 2.11. The molecule has 0 heterocycles. The van der Waals surface area contributed by atoms with E-state index in [-0.39, 0.29) is 15.3 Å². The predicted molar refractivity (Wildman–Crippen MR) is 57.4 cm³/mol. The number of carbonyl (C=O) groups is 1. The van der Waals surface area contributed by atoms with Crippen molar-refractivity contribution >= 4 is 30.5 Å². The number of carbonyl (C=O) groups excluding carboxylic acids is 1. The smallest absolute Gasteiger partial charge is 0.228 e. The Morgan fingerprint density at radius 2 is 1.79 bits per heavy atom. The van der Waals surface area contributed by atoms with Gasteiger partial charge in [0.2, 0.25) is 4.69 Å². The summed E-state index contributed by atoms with van der Waals surface area (Å²) in [7, 11) is -3.17. The van der Waals surface area contributed by atoms with Crippen molar-refractivity contribution in [2.75, 3.05) is 5.75 Å². The molecule has 1 aromatic rings. The van der Waals surface area contributed by atoms with Gasteiger partial charge in [-0.3, -0.25) is 4.79 Å². The first-order valence-electron chi connectivity index (χ1n) is 4.00. The molecule has 0 N–H and O–H groups in total. The van der Waals surface area contributed by atoms with Crippen molar-refractivity contribution in [1.29, 1.82) is 0 Å². The van der Waals surface area contributed by atoms with E-state index in [9.17, 15) is 13.2 Å². The number of rotatable bonds is 3. The van der Waals surface area contributed by atoms with Crippen LogP contribution in [0.1, 0.15) is 17.3 Å². The third kappa shape index (κ3) is 2.42. The highest BCUT2D eigenvalue weighted by Crippen LogP contribution is 2.13. The van der Waals surface area contributed by atoms with Gasteiger partial charge in [-0.1, -0.05) is 6.92 Å². The summed E-state index contributed by atoms with van der Waals surface area (Å²) in [4.78, 5) is 11.1. The molecule has 0 aliphatic carbocycles. The largest absolute Gasteiger partial charge is 0.281 e. The van der Waals surface area contributed by atoms with Gasteiger partial charge in [-0.15, -0.1) is 0 Å². The zero-order valence-corrected chi connectivity index (χ0v) is 9.93. The highest BCUT2D eigenvalue weighted by atomic mass is 79.9. The second-order valence-electron chi connectivity index (χ2n) is 2.70. The van der Waals surface area contributed by atoms with Gasteiger partial charge in [0.05, 0.1) is 10.6 Å². The summed E-state index contributed by atoms with van der Waals surface area (Å²) in [5.74, 6) is 0.0641. The van der Waals surface area contributed by atoms with Crippen LogP contribution in [0.4, 0.5) is 0 Å². The lowest BCUT2D eigenvalue weighted by molar-refractivity contribution is 0.109. The van der Waals surface area contributed by atoms with Crippen LogP contribution >= 0.6 is 15.9 Å². The number of benzene rings is 1. The summed E-state index contributed by atoms with van der Waals surface area (Å²) in [5.41, 5.74) is 0.444. The average Bonchev–Trinajstić information content (AvgIpc) is 2.18. The Morgan fingerprint density at radius 1 is 1.29 bits per heavy atom. The summed E-state index contributed by atoms with van der Waals surface area (Å²) >= 11 is 2.79. The molecule has 0 atom stereocenters. The number of halogens is 1. The molecular formula is C9H9BrO3S. The van der Waals surface area contributed by atoms with Crippen LogP contribution in [0.3, 0.4) is 0 Å². The molecule has 14 heavy (non-hydrogen) atoms. The molecule has 3 nitrogen and oxygen atoms in total. The Bertz CT molecular complexity index is 434. The predicted octanol–water partition coefficient (Wildman–Crippen LogP) is 2.02. The SMILES string of the molecule is CCS(=O)(=O)c1ccc(C(=O)Br)cc1. The summed E-state index contributed by atoms with van der Waals surface area (Å²) in [5, 5.41) is 0. The lowest BCUT2D eigenvalue weighted by Crippen LogP contribution is -2.03. The van der Waals surface area contributed by atoms with Crippen LogP contribution in [-0.4, -0.2) is 18.9 Å². The molecule has 1 rings (SSSR count). The molecule has 5 heteroatoms. The normalized spacial score (nSPS) is 11.3. The van der Waals surface area contributed by atoms with Gasteiger partial charge < -0.3 is 0 Å². The van der Waals surface area contributed by atoms with E-state index in [2.05, 4.69) is 15.9 Å². The molecule has 0 fully saturated rings. The van der Waals surface area contributed by atoms with Crippen LogP contribution in [-0.2, 0) is 9.84 Å². The zero-order valence-electron chi connectivity index (χ0n) is 7.53. The monoisotopic (exact) mass is 276 g/mol. The number of sulfone groups is 1. The van der Waals surface area contributed by atoms with Gasteiger partial charge in [-0.2, -0.15) is 0 Å². The maximum atomic E-state index is 11.4. The van der Waals surface area contributed by atoms with Crippen LogP contribution in [0.25, 0.3) is 0 Å². The van der Waals surface area contributed by atoms with Crippen LogP contribution in [0.15, 0.2) is 29.2 Å². The highest BCUT2D eigenvalue weighted by molar-refractivity contribution is 9.18. The summed E-state index contributed by atoms with van der Waals surface area (Å²) in [6, 6.07) is 5.85. The van der Waals surface area contributed by atoms with E-state index in [0.29, 0.717) is 5.56 Å². The molecular weight excluding hydrogens is 268 g/mol. The average molecular weight is 277 g/mol. The minimum atomic E-state index is -3.17. The van der Waals surface area contributed by atoms with Gasteiger partial charge in [-0.05, 0) is 40.2 Å². The van der Waals surface area contributed by atoms with E-state index in [1.807, 2.05) is 0 Å². The minimum Gasteiger partial charge on any atom is -0.281 e. The minimum absolute atomic E-state index is 0.0641. The molecule has 0 amide bonds. The van der Waals surface area contributed by atoms with Crippen molar-refractivity contribution in [3.8, 4) is 0 Å². The standard InChI is InChI=1S/C9H9BrO3S/c1-2-14(12,13)8-5-3-7(4-6-8)9(10)11/h3-6H,2H2,1H3. The van der Waals surface area contributed by atoms with Gasteiger partial charge in [0.1, 0.15) is 0 Å². The molecule has 0 saturated heterocycles. The lowest BCUT2D eigenvalue weighted by Gasteiger charge is -2.00. The Morgan fingerprint density at radius 3 is 2.14 bits per heavy atom. The second-order valence-corrected chi connectivity index (χ2v) is 5.70. The first-order chi connectivity index (χ1) is 6.47. The van der Waals surface area contributed by atoms with Gasteiger partial charge >= 0.3 is 0 Å². The van der Waals surface area contributed by atoms with Crippen molar-refractivity contribution < 1.29 is 13.2 Å². The van der Waals surface area contributed by atoms with E-state index in [4.69, 9.17) is 0 Å². The quantitative estimate of drug-likeness (QED) is 0.794. The van der Waals surface area contributed by atoms with Crippen LogP contribution in [0.5, 0.6) is 0 Å². The molecule has 76 valence electrons. The van der Waals surface area contributed by atoms with Crippen molar-refractivity contribution in [1.82, 2.24) is 0 Å². The topological polar surface area (TPSA) is 51.2 Å². The molecule has 0 unspecified atom stereocenters. The Hall–Kier alpha value is -0.680. The molecule has 0 aliphatic rings. The van der Waals surface area contributed by atoms with Crippen molar-refractivity contribution in [3.05, 3.63) is 29.8 Å². The van der Waals surface area contributed by atoms with Crippen LogP contribution in [0.2, 0.25) is 0 Å². The third-order valence-electron chi connectivity index (χ3n) is 1.82. The summed E-state index contributed by atoms with van der Waals surface area (Å²) in [6.45, 7) is 1.58. The maximum absolute atomic E-state index is 11.4. The first-order valence-corrected chi connectivity index (χ1v) is 6.44. The van der Waals surface area contributed by atoms with Crippen molar-refractivity contribution in [2.45, 2.75) is 11.8 Å². The van der Waals surface area contributed by atoms with Gasteiger partial charge in [0.25, 0.3) is 0 Å². The number of hydrogen-bond donors (Lipinski definition) is 0. The number of hydrogen-bond acceptors (Lipinski definition) is 3. The Balaban J connectivity index is 3.12. The van der Waals surface area contributed by atoms with Crippen molar-refractivity contribution in [2.24, 2.45) is 0 Å². The molecule has 0 spiro atoms. The summed E-state index contributed by atoms with van der Waals surface area (Å²) in [6.07, 6.45) is 0. The first kappa shape index (κ1) is 11.4. The fourth-order valence-corrected chi connectivity index (χ4v) is 2.11. The van der Waals surface area contributed by atoms with Gasteiger partial charge in [-0.25, -0.2) is 8.42 Å².